The van der Waals surface area contributed by atoms with E-state index < -0.39 is 6.10 Å². The third kappa shape index (κ3) is 3.33. The van der Waals surface area contributed by atoms with Gasteiger partial charge < -0.3 is 5.11 Å². The Morgan fingerprint density at radius 2 is 1.60 bits per heavy atom. The second-order valence-electron chi connectivity index (χ2n) is 4.57. The Hall–Kier alpha value is -1.94. The van der Waals surface area contributed by atoms with Crippen molar-refractivity contribution >= 4 is 5.57 Å². The van der Waals surface area contributed by atoms with E-state index in [0.717, 1.165) is 16.7 Å². The maximum absolute atomic E-state index is 8.92. The molecule has 2 rings (SSSR count). The molecule has 3 heteroatoms. The topological polar surface area (TPSA) is 49.7 Å². The van der Waals surface area contributed by atoms with Gasteiger partial charge >= 0.3 is 0 Å². The highest BCUT2D eigenvalue weighted by atomic mass is 17.1. The lowest BCUT2D eigenvalue weighted by molar-refractivity contribution is -0.264. The molecule has 0 spiro atoms. The van der Waals surface area contributed by atoms with Gasteiger partial charge in [0.05, 0.1) is 0 Å². The molecule has 0 saturated carbocycles. The molecular formula is C17H18O3. The molecule has 0 aliphatic carbocycles. The maximum atomic E-state index is 8.92. The molecule has 0 amide bonds. The molecule has 0 aromatic heterocycles. The number of aliphatic hydroxyl groups is 1. The summed E-state index contributed by atoms with van der Waals surface area (Å²) in [5.41, 5.74) is 3.80. The van der Waals surface area contributed by atoms with Crippen molar-refractivity contribution in [2.45, 2.75) is 12.5 Å². The first-order valence-corrected chi connectivity index (χ1v) is 6.52. The summed E-state index contributed by atoms with van der Waals surface area (Å²) >= 11 is 0. The number of aliphatic hydroxyl groups excluding tert-OH is 1. The molecule has 0 radical (unpaired) electrons. The Bertz CT molecular complexity index is 546. The largest absolute Gasteiger partial charge is 0.396 e. The van der Waals surface area contributed by atoms with Crippen molar-refractivity contribution in [3.05, 3.63) is 66.7 Å². The number of benzene rings is 2. The van der Waals surface area contributed by atoms with Gasteiger partial charge in [-0.15, -0.1) is 0 Å². The van der Waals surface area contributed by atoms with Gasteiger partial charge in [-0.1, -0.05) is 61.2 Å². The van der Waals surface area contributed by atoms with E-state index in [-0.39, 0.29) is 6.61 Å². The Morgan fingerprint density at radius 3 is 2.15 bits per heavy atom. The minimum atomic E-state index is -0.581. The summed E-state index contributed by atoms with van der Waals surface area (Å²) in [6.07, 6.45) is -0.266. The lowest BCUT2D eigenvalue weighted by Crippen LogP contribution is -2.14. The van der Waals surface area contributed by atoms with E-state index in [4.69, 9.17) is 10.4 Å². The van der Waals surface area contributed by atoms with E-state index in [1.807, 2.05) is 42.5 Å². The first-order valence-electron chi connectivity index (χ1n) is 6.52. The number of hydrogen-bond donors (Lipinski definition) is 2. The van der Waals surface area contributed by atoms with Crippen LogP contribution in [0.4, 0.5) is 0 Å². The summed E-state index contributed by atoms with van der Waals surface area (Å²) in [6, 6.07) is 18.0. The van der Waals surface area contributed by atoms with Crippen molar-refractivity contribution in [1.29, 1.82) is 0 Å². The first kappa shape index (κ1) is 14.5. The highest BCUT2D eigenvalue weighted by Gasteiger charge is 2.14. The number of rotatable bonds is 6. The molecule has 3 nitrogen and oxygen atoms in total. The zero-order chi connectivity index (χ0) is 14.4. The standard InChI is InChI=1S/C17H18O3/c1-13(17(20-19)11-12-18)14-7-9-16(10-8-14)15-5-3-2-4-6-15/h2-10,17-19H,1,11-12H2. The monoisotopic (exact) mass is 270 g/mol. The average Bonchev–Trinajstić information content (AvgIpc) is 2.53. The van der Waals surface area contributed by atoms with Crippen molar-refractivity contribution in [1.82, 2.24) is 0 Å². The third-order valence-electron chi connectivity index (χ3n) is 3.27. The van der Waals surface area contributed by atoms with E-state index in [1.165, 1.54) is 0 Å². The second-order valence-corrected chi connectivity index (χ2v) is 4.57. The van der Waals surface area contributed by atoms with Crippen LogP contribution in [0, 0.1) is 0 Å². The minimum absolute atomic E-state index is 0.0631. The predicted molar refractivity (Wildman–Crippen MR) is 80.1 cm³/mol. The van der Waals surface area contributed by atoms with Gasteiger partial charge in [-0.2, -0.15) is 0 Å². The van der Waals surface area contributed by atoms with Crippen LogP contribution in [0.2, 0.25) is 0 Å². The maximum Gasteiger partial charge on any atom is 0.120 e. The normalized spacial score (nSPS) is 12.1. The molecule has 1 atom stereocenters. The summed E-state index contributed by atoms with van der Waals surface area (Å²) < 4.78 is 0. The molecule has 2 aromatic carbocycles. The van der Waals surface area contributed by atoms with Gasteiger partial charge in [-0.3, -0.25) is 5.26 Å². The summed E-state index contributed by atoms with van der Waals surface area (Å²) in [4.78, 5) is 4.36. The second kappa shape index (κ2) is 7.01. The van der Waals surface area contributed by atoms with Crippen molar-refractivity contribution in [3.8, 4) is 11.1 Å². The van der Waals surface area contributed by atoms with E-state index in [2.05, 4.69) is 23.6 Å². The fraction of sp³-hybridized carbons (Fsp3) is 0.176. The Labute approximate surface area is 118 Å². The quantitative estimate of drug-likeness (QED) is 0.622. The van der Waals surface area contributed by atoms with Gasteiger partial charge in [0.1, 0.15) is 6.10 Å². The Balaban J connectivity index is 2.18. The molecule has 2 N–H and O–H groups in total. The molecule has 0 fully saturated rings. The highest BCUT2D eigenvalue weighted by Crippen LogP contribution is 2.24. The SMILES string of the molecule is C=C(c1ccc(-c2ccccc2)cc1)C(CCO)OO. The van der Waals surface area contributed by atoms with Crippen molar-refractivity contribution in [2.24, 2.45) is 0 Å². The molecule has 20 heavy (non-hydrogen) atoms. The van der Waals surface area contributed by atoms with Crippen LogP contribution in [0.1, 0.15) is 12.0 Å². The molecule has 0 bridgehead atoms. The summed E-state index contributed by atoms with van der Waals surface area (Å²) in [5, 5.41) is 17.8. The molecule has 0 heterocycles. The van der Waals surface area contributed by atoms with Crippen LogP contribution >= 0.6 is 0 Å². The van der Waals surface area contributed by atoms with Crippen LogP contribution < -0.4 is 0 Å². The molecule has 104 valence electrons. The zero-order valence-corrected chi connectivity index (χ0v) is 11.2. The van der Waals surface area contributed by atoms with E-state index >= 15 is 0 Å². The van der Waals surface area contributed by atoms with Crippen LogP contribution in [0.15, 0.2) is 61.2 Å². The molecule has 2 aromatic rings. The smallest absolute Gasteiger partial charge is 0.120 e. The lowest BCUT2D eigenvalue weighted by Gasteiger charge is -2.15. The lowest BCUT2D eigenvalue weighted by atomic mass is 9.97. The van der Waals surface area contributed by atoms with Crippen molar-refractivity contribution < 1.29 is 15.3 Å². The van der Waals surface area contributed by atoms with Gasteiger partial charge in [-0.25, -0.2) is 4.89 Å². The molecule has 0 saturated heterocycles. The molecule has 1 unspecified atom stereocenters. The van der Waals surface area contributed by atoms with Gasteiger partial charge in [0.25, 0.3) is 0 Å². The summed E-state index contributed by atoms with van der Waals surface area (Å²) in [5.74, 6) is 0. The molecule has 0 aliphatic rings. The summed E-state index contributed by atoms with van der Waals surface area (Å²) in [6.45, 7) is 3.86. The van der Waals surface area contributed by atoms with E-state index in [1.54, 1.807) is 0 Å². The van der Waals surface area contributed by atoms with Crippen LogP contribution in [0.25, 0.3) is 16.7 Å². The highest BCUT2D eigenvalue weighted by molar-refractivity contribution is 5.71. The third-order valence-corrected chi connectivity index (χ3v) is 3.27. The van der Waals surface area contributed by atoms with Gasteiger partial charge in [-0.05, 0) is 22.3 Å². The van der Waals surface area contributed by atoms with Gasteiger partial charge in [0.15, 0.2) is 0 Å². The average molecular weight is 270 g/mol. The number of hydrogen-bond acceptors (Lipinski definition) is 3. The van der Waals surface area contributed by atoms with Crippen LogP contribution in [0.3, 0.4) is 0 Å². The van der Waals surface area contributed by atoms with Gasteiger partial charge in [0, 0.05) is 13.0 Å². The van der Waals surface area contributed by atoms with E-state index in [0.29, 0.717) is 12.0 Å². The Morgan fingerprint density at radius 1 is 1.00 bits per heavy atom. The molecule has 0 aliphatic heterocycles. The van der Waals surface area contributed by atoms with Crippen molar-refractivity contribution in [2.75, 3.05) is 6.61 Å². The van der Waals surface area contributed by atoms with Crippen LogP contribution in [-0.2, 0) is 4.89 Å². The predicted octanol–water partition coefficient (Wildman–Crippen LogP) is 3.61. The first-order chi connectivity index (χ1) is 9.76. The fourth-order valence-electron chi connectivity index (χ4n) is 2.10. The Kier molecular flexibility index (Phi) is 5.07. The van der Waals surface area contributed by atoms with Crippen LogP contribution in [-0.4, -0.2) is 23.1 Å². The van der Waals surface area contributed by atoms with Crippen LogP contribution in [0.5, 0.6) is 0 Å². The zero-order valence-electron chi connectivity index (χ0n) is 11.2. The molecular weight excluding hydrogens is 252 g/mol. The van der Waals surface area contributed by atoms with Crippen molar-refractivity contribution in [3.63, 3.8) is 0 Å². The summed E-state index contributed by atoms with van der Waals surface area (Å²) in [7, 11) is 0. The van der Waals surface area contributed by atoms with Gasteiger partial charge in [0.2, 0.25) is 0 Å². The fourth-order valence-corrected chi connectivity index (χ4v) is 2.10. The van der Waals surface area contributed by atoms with E-state index in [9.17, 15) is 0 Å². The minimum Gasteiger partial charge on any atom is -0.396 e.